The van der Waals surface area contributed by atoms with E-state index < -0.39 is 15.2 Å². The summed E-state index contributed by atoms with van der Waals surface area (Å²) in [4.78, 5) is 33.0. The topological polar surface area (TPSA) is 115 Å². The van der Waals surface area contributed by atoms with Crippen LogP contribution in [0.5, 0.6) is 0 Å². The Hall–Kier alpha value is 0.300. The Morgan fingerprint density at radius 1 is 0.750 bits per heavy atom. The van der Waals surface area contributed by atoms with Gasteiger partial charge in [-0.1, -0.05) is 26.7 Å². The molecule has 4 N–H and O–H groups in total. The second-order valence-corrected chi connectivity index (χ2v) is 7.04. The molecule has 0 saturated heterocycles. The Balaban J connectivity index is 0. The van der Waals surface area contributed by atoms with Crippen LogP contribution < -0.4 is 0 Å². The van der Waals surface area contributed by atoms with Crippen molar-refractivity contribution in [2.24, 2.45) is 0 Å². The molecule has 6 nitrogen and oxygen atoms in total. The first-order valence-electron chi connectivity index (χ1n) is 5.21. The molecule has 0 aromatic carbocycles. The summed E-state index contributed by atoms with van der Waals surface area (Å²) in [7, 11) is -7.36. The Kier molecular flexibility index (Phi) is 10.9. The molecule has 16 heavy (non-hydrogen) atoms. The standard InChI is InChI=1S/2C4H11O3P/c2*1-2-3-4-8(5,6)7/h2*2-4H2,1H3,(H2,5,6,7). The van der Waals surface area contributed by atoms with Crippen molar-refractivity contribution >= 4 is 15.2 Å². The largest absolute Gasteiger partial charge is 0.325 e. The summed E-state index contributed by atoms with van der Waals surface area (Å²) < 4.78 is 20.2. The fourth-order valence-electron chi connectivity index (χ4n) is 0.728. The summed E-state index contributed by atoms with van der Waals surface area (Å²) in [5, 5.41) is 0. The van der Waals surface area contributed by atoms with Crippen LogP contribution in [0.1, 0.15) is 39.5 Å². The summed E-state index contributed by atoms with van der Waals surface area (Å²) in [5.41, 5.74) is 0. The van der Waals surface area contributed by atoms with Gasteiger partial charge < -0.3 is 19.6 Å². The Labute approximate surface area is 96.4 Å². The predicted molar refractivity (Wildman–Crippen MR) is 63.6 cm³/mol. The maximum absolute atomic E-state index is 10.1. The molecule has 0 aromatic rings. The second kappa shape index (κ2) is 9.34. The van der Waals surface area contributed by atoms with E-state index in [0.717, 1.165) is 12.8 Å². The van der Waals surface area contributed by atoms with Gasteiger partial charge in [0.25, 0.3) is 0 Å². The van der Waals surface area contributed by atoms with Crippen molar-refractivity contribution in [1.82, 2.24) is 0 Å². The fourth-order valence-corrected chi connectivity index (χ4v) is 2.18. The molecule has 0 heterocycles. The quantitative estimate of drug-likeness (QED) is 0.551. The first-order valence-corrected chi connectivity index (χ1v) is 8.81. The number of rotatable bonds is 6. The highest BCUT2D eigenvalue weighted by Gasteiger charge is 2.10. The second-order valence-electron chi connectivity index (χ2n) is 3.48. The van der Waals surface area contributed by atoms with Gasteiger partial charge in [0.05, 0.1) is 0 Å². The Morgan fingerprint density at radius 3 is 1.06 bits per heavy atom. The van der Waals surface area contributed by atoms with Crippen LogP contribution in [-0.4, -0.2) is 31.9 Å². The van der Waals surface area contributed by atoms with Gasteiger partial charge in [0.1, 0.15) is 0 Å². The van der Waals surface area contributed by atoms with Crippen LogP contribution in [0.2, 0.25) is 0 Å². The van der Waals surface area contributed by atoms with E-state index in [9.17, 15) is 9.13 Å². The molecular formula is C8H22O6P2. The highest BCUT2D eigenvalue weighted by molar-refractivity contribution is 7.51. The van der Waals surface area contributed by atoms with Gasteiger partial charge in [-0.15, -0.1) is 0 Å². The monoisotopic (exact) mass is 276 g/mol. The van der Waals surface area contributed by atoms with Crippen LogP contribution in [0, 0.1) is 0 Å². The number of unbranched alkanes of at least 4 members (excludes halogenated alkanes) is 2. The van der Waals surface area contributed by atoms with E-state index in [1.54, 1.807) is 0 Å². The van der Waals surface area contributed by atoms with Gasteiger partial charge in [-0.3, -0.25) is 9.13 Å². The van der Waals surface area contributed by atoms with Gasteiger partial charge in [0.15, 0.2) is 0 Å². The third-order valence-electron chi connectivity index (χ3n) is 1.61. The van der Waals surface area contributed by atoms with Crippen molar-refractivity contribution in [3.63, 3.8) is 0 Å². The van der Waals surface area contributed by atoms with Crippen LogP contribution >= 0.6 is 15.2 Å². The Bertz CT molecular complexity index is 217. The predicted octanol–water partition coefficient (Wildman–Crippen LogP) is 1.93. The average molecular weight is 276 g/mol. The summed E-state index contributed by atoms with van der Waals surface area (Å²) in [5.74, 6) is 0. The van der Waals surface area contributed by atoms with Crippen molar-refractivity contribution in [3.05, 3.63) is 0 Å². The van der Waals surface area contributed by atoms with Gasteiger partial charge >= 0.3 is 15.2 Å². The van der Waals surface area contributed by atoms with Gasteiger partial charge in [-0.05, 0) is 12.8 Å². The van der Waals surface area contributed by atoms with Gasteiger partial charge in [-0.25, -0.2) is 0 Å². The number of hydrogen-bond acceptors (Lipinski definition) is 2. The molecule has 0 aliphatic carbocycles. The first kappa shape index (κ1) is 18.7. The molecule has 0 amide bonds. The van der Waals surface area contributed by atoms with Gasteiger partial charge in [0, 0.05) is 12.3 Å². The number of hydrogen-bond donors (Lipinski definition) is 4. The summed E-state index contributed by atoms with van der Waals surface area (Å²) in [6.45, 7) is 3.80. The van der Waals surface area contributed by atoms with Gasteiger partial charge in [-0.2, -0.15) is 0 Å². The van der Waals surface area contributed by atoms with E-state index in [1.807, 2.05) is 13.8 Å². The van der Waals surface area contributed by atoms with Crippen molar-refractivity contribution in [1.29, 1.82) is 0 Å². The van der Waals surface area contributed by atoms with E-state index in [0.29, 0.717) is 12.8 Å². The van der Waals surface area contributed by atoms with E-state index >= 15 is 0 Å². The van der Waals surface area contributed by atoms with Crippen LogP contribution in [0.4, 0.5) is 0 Å². The van der Waals surface area contributed by atoms with Crippen LogP contribution in [0.25, 0.3) is 0 Å². The molecule has 0 unspecified atom stereocenters. The summed E-state index contributed by atoms with van der Waals surface area (Å²) >= 11 is 0. The van der Waals surface area contributed by atoms with Crippen LogP contribution in [0.3, 0.4) is 0 Å². The molecule has 8 heteroatoms. The molecule has 0 bridgehead atoms. The lowest BCUT2D eigenvalue weighted by Gasteiger charge is -1.98. The van der Waals surface area contributed by atoms with E-state index in [-0.39, 0.29) is 12.3 Å². The van der Waals surface area contributed by atoms with E-state index in [2.05, 4.69) is 0 Å². The minimum Gasteiger partial charge on any atom is -0.324 e. The third-order valence-corrected chi connectivity index (χ3v) is 3.40. The molecule has 0 fully saturated rings. The lowest BCUT2D eigenvalue weighted by atomic mass is 10.4. The van der Waals surface area contributed by atoms with E-state index in [4.69, 9.17) is 19.6 Å². The van der Waals surface area contributed by atoms with Crippen LogP contribution in [-0.2, 0) is 9.13 Å². The van der Waals surface area contributed by atoms with Crippen molar-refractivity contribution < 1.29 is 28.7 Å². The summed E-state index contributed by atoms with van der Waals surface area (Å²) in [6, 6.07) is 0. The highest BCUT2D eigenvalue weighted by atomic mass is 31.2. The lowest BCUT2D eigenvalue weighted by molar-refractivity contribution is 0.369. The first-order chi connectivity index (χ1) is 7.12. The summed E-state index contributed by atoms with van der Waals surface area (Å²) in [6.07, 6.45) is 2.97. The fraction of sp³-hybridized carbons (Fsp3) is 1.00. The minimum absolute atomic E-state index is 0.0312. The maximum atomic E-state index is 10.1. The maximum Gasteiger partial charge on any atom is 0.325 e. The Morgan fingerprint density at radius 2 is 1.00 bits per heavy atom. The molecule has 0 aromatic heterocycles. The molecule has 0 rings (SSSR count). The zero-order valence-electron chi connectivity index (χ0n) is 9.74. The average Bonchev–Trinajstić information content (AvgIpc) is 2.10. The molecule has 0 saturated carbocycles. The SMILES string of the molecule is CCCCP(=O)(O)O.CCCCP(=O)(O)O. The smallest absolute Gasteiger partial charge is 0.324 e. The molecule has 0 aliphatic rings. The zero-order valence-corrected chi connectivity index (χ0v) is 11.5. The molecule has 0 atom stereocenters. The zero-order chi connectivity index (χ0) is 13.2. The molecule has 0 spiro atoms. The normalized spacial score (nSPS) is 11.9. The highest BCUT2D eigenvalue weighted by Crippen LogP contribution is 2.35. The van der Waals surface area contributed by atoms with Crippen molar-refractivity contribution in [2.45, 2.75) is 39.5 Å². The molecular weight excluding hydrogens is 254 g/mol. The van der Waals surface area contributed by atoms with Crippen LogP contribution in [0.15, 0.2) is 0 Å². The minimum atomic E-state index is -3.68. The van der Waals surface area contributed by atoms with E-state index in [1.165, 1.54) is 0 Å². The third kappa shape index (κ3) is 23.8. The van der Waals surface area contributed by atoms with Crippen molar-refractivity contribution in [3.8, 4) is 0 Å². The molecule has 0 radical (unpaired) electrons. The lowest BCUT2D eigenvalue weighted by Crippen LogP contribution is -1.84. The molecule has 100 valence electrons. The van der Waals surface area contributed by atoms with Gasteiger partial charge in [0.2, 0.25) is 0 Å². The van der Waals surface area contributed by atoms with Crippen molar-refractivity contribution in [2.75, 3.05) is 12.3 Å². The molecule has 0 aliphatic heterocycles.